The molecule has 0 aliphatic carbocycles. The molecule has 1 amide bonds. The number of carboxylic acid groups (broad SMARTS) is 1. The molecule has 2 rings (SSSR count). The highest BCUT2D eigenvalue weighted by Gasteiger charge is 2.10. The minimum absolute atomic E-state index is 0.116. The SMILES string of the molecule is O=C(O)Cc1cn(CC(=O)Nc2cc(Cl)ccc2Cl)nn1. The Morgan fingerprint density at radius 2 is 2.10 bits per heavy atom. The van der Waals surface area contributed by atoms with Gasteiger partial charge in [-0.2, -0.15) is 0 Å². The smallest absolute Gasteiger partial charge is 0.309 e. The van der Waals surface area contributed by atoms with Crippen LogP contribution in [0.4, 0.5) is 5.69 Å². The molecule has 0 fully saturated rings. The topological polar surface area (TPSA) is 97.1 Å². The number of hydrogen-bond donors (Lipinski definition) is 2. The number of aliphatic carboxylic acids is 1. The second-order valence-electron chi connectivity index (χ2n) is 4.15. The zero-order valence-corrected chi connectivity index (χ0v) is 12.1. The van der Waals surface area contributed by atoms with E-state index >= 15 is 0 Å². The number of nitrogens with zero attached hydrogens (tertiary/aromatic N) is 3. The normalized spacial score (nSPS) is 10.4. The first-order chi connectivity index (χ1) is 9.94. The Bertz CT molecular complexity index is 687. The monoisotopic (exact) mass is 328 g/mol. The Kier molecular flexibility index (Phi) is 4.77. The molecule has 21 heavy (non-hydrogen) atoms. The highest BCUT2D eigenvalue weighted by atomic mass is 35.5. The van der Waals surface area contributed by atoms with E-state index in [2.05, 4.69) is 15.6 Å². The number of rotatable bonds is 5. The van der Waals surface area contributed by atoms with E-state index in [1.165, 1.54) is 16.9 Å². The molecule has 0 aliphatic heterocycles. The zero-order valence-electron chi connectivity index (χ0n) is 10.6. The summed E-state index contributed by atoms with van der Waals surface area (Å²) in [7, 11) is 0. The van der Waals surface area contributed by atoms with Crippen molar-refractivity contribution in [3.63, 3.8) is 0 Å². The summed E-state index contributed by atoms with van der Waals surface area (Å²) in [6.45, 7) is -0.116. The van der Waals surface area contributed by atoms with Gasteiger partial charge in [-0.25, -0.2) is 4.68 Å². The molecule has 0 saturated heterocycles. The van der Waals surface area contributed by atoms with Crippen LogP contribution < -0.4 is 5.32 Å². The van der Waals surface area contributed by atoms with Crippen LogP contribution in [0.3, 0.4) is 0 Å². The number of halogens is 2. The third-order valence-corrected chi connectivity index (χ3v) is 2.99. The first-order valence-corrected chi connectivity index (χ1v) is 6.55. The molecule has 0 spiro atoms. The number of aromatic nitrogens is 3. The lowest BCUT2D eigenvalue weighted by Crippen LogP contribution is -2.19. The van der Waals surface area contributed by atoms with Gasteiger partial charge in [0.05, 0.1) is 22.8 Å². The molecule has 0 bridgehead atoms. The fourth-order valence-corrected chi connectivity index (χ4v) is 1.92. The predicted octanol–water partition coefficient (Wildman–Crippen LogP) is 1.85. The maximum Gasteiger partial charge on any atom is 0.309 e. The number of amides is 1. The molecule has 2 N–H and O–H groups in total. The number of carbonyl (C=O) groups excluding carboxylic acids is 1. The molecule has 0 radical (unpaired) electrons. The van der Waals surface area contributed by atoms with Gasteiger partial charge in [-0.05, 0) is 18.2 Å². The van der Waals surface area contributed by atoms with Crippen molar-refractivity contribution in [2.75, 3.05) is 5.32 Å². The van der Waals surface area contributed by atoms with Crippen LogP contribution >= 0.6 is 23.2 Å². The summed E-state index contributed by atoms with van der Waals surface area (Å²) >= 11 is 11.8. The van der Waals surface area contributed by atoms with E-state index in [1.807, 2.05) is 0 Å². The van der Waals surface area contributed by atoms with Gasteiger partial charge in [0, 0.05) is 11.2 Å². The van der Waals surface area contributed by atoms with Crippen LogP contribution in [-0.4, -0.2) is 32.0 Å². The summed E-state index contributed by atoms with van der Waals surface area (Å²) < 4.78 is 1.24. The summed E-state index contributed by atoms with van der Waals surface area (Å²) in [6, 6.07) is 4.70. The maximum absolute atomic E-state index is 11.9. The van der Waals surface area contributed by atoms with Crippen molar-refractivity contribution in [3.8, 4) is 0 Å². The summed E-state index contributed by atoms with van der Waals surface area (Å²) in [5.74, 6) is -1.40. The number of anilines is 1. The largest absolute Gasteiger partial charge is 0.481 e. The van der Waals surface area contributed by atoms with Crippen molar-refractivity contribution in [1.82, 2.24) is 15.0 Å². The Hall–Kier alpha value is -2.12. The van der Waals surface area contributed by atoms with Crippen molar-refractivity contribution in [2.24, 2.45) is 0 Å². The number of nitrogens with one attached hydrogen (secondary N) is 1. The van der Waals surface area contributed by atoms with E-state index in [1.54, 1.807) is 12.1 Å². The van der Waals surface area contributed by atoms with E-state index in [4.69, 9.17) is 28.3 Å². The van der Waals surface area contributed by atoms with E-state index in [-0.39, 0.29) is 24.6 Å². The van der Waals surface area contributed by atoms with Crippen molar-refractivity contribution < 1.29 is 14.7 Å². The number of hydrogen-bond acceptors (Lipinski definition) is 4. The van der Waals surface area contributed by atoms with Crippen LogP contribution in [0, 0.1) is 0 Å². The quantitative estimate of drug-likeness (QED) is 0.872. The molecule has 0 aliphatic rings. The van der Waals surface area contributed by atoms with Gasteiger partial charge >= 0.3 is 5.97 Å². The fourth-order valence-electron chi connectivity index (χ4n) is 1.58. The molecule has 0 unspecified atom stereocenters. The van der Waals surface area contributed by atoms with E-state index in [0.717, 1.165) is 0 Å². The van der Waals surface area contributed by atoms with Gasteiger partial charge in [0.25, 0.3) is 0 Å². The lowest BCUT2D eigenvalue weighted by Gasteiger charge is -2.07. The molecule has 0 atom stereocenters. The van der Waals surface area contributed by atoms with Crippen LogP contribution in [-0.2, 0) is 22.6 Å². The van der Waals surface area contributed by atoms with Crippen LogP contribution in [0.1, 0.15) is 5.69 Å². The van der Waals surface area contributed by atoms with Gasteiger partial charge in [0.1, 0.15) is 6.54 Å². The van der Waals surface area contributed by atoms with Gasteiger partial charge in [0.15, 0.2) is 0 Å². The third-order valence-electron chi connectivity index (χ3n) is 2.43. The summed E-state index contributed by atoms with van der Waals surface area (Å²) in [6.07, 6.45) is 1.15. The molecule has 2 aromatic rings. The molecule has 0 saturated carbocycles. The van der Waals surface area contributed by atoms with Crippen molar-refractivity contribution in [3.05, 3.63) is 40.1 Å². The molecular weight excluding hydrogens is 319 g/mol. The average molecular weight is 329 g/mol. The summed E-state index contributed by atoms with van der Waals surface area (Å²) in [4.78, 5) is 22.4. The predicted molar refractivity (Wildman–Crippen MR) is 76.5 cm³/mol. The highest BCUT2D eigenvalue weighted by Crippen LogP contribution is 2.25. The Balaban J connectivity index is 2.00. The molecule has 7 nitrogen and oxygen atoms in total. The van der Waals surface area contributed by atoms with Gasteiger partial charge in [-0.15, -0.1) is 5.10 Å². The van der Waals surface area contributed by atoms with Crippen LogP contribution in [0.5, 0.6) is 0 Å². The second-order valence-corrected chi connectivity index (χ2v) is 4.99. The van der Waals surface area contributed by atoms with Crippen molar-refractivity contribution in [2.45, 2.75) is 13.0 Å². The summed E-state index contributed by atoms with van der Waals surface area (Å²) in [5.41, 5.74) is 0.663. The fraction of sp³-hybridized carbons (Fsp3) is 0.167. The van der Waals surface area contributed by atoms with Crippen molar-refractivity contribution >= 4 is 40.8 Å². The van der Waals surface area contributed by atoms with Gasteiger partial charge in [-0.3, -0.25) is 9.59 Å². The zero-order chi connectivity index (χ0) is 15.4. The Labute approximate surface area is 129 Å². The third kappa shape index (κ3) is 4.44. The lowest BCUT2D eigenvalue weighted by atomic mass is 10.3. The number of carbonyl (C=O) groups is 2. The maximum atomic E-state index is 11.9. The van der Waals surface area contributed by atoms with Gasteiger partial charge < -0.3 is 10.4 Å². The van der Waals surface area contributed by atoms with Gasteiger partial charge in [0.2, 0.25) is 5.91 Å². The van der Waals surface area contributed by atoms with Crippen LogP contribution in [0.2, 0.25) is 10.0 Å². The minimum Gasteiger partial charge on any atom is -0.481 e. The molecule has 110 valence electrons. The summed E-state index contributed by atoms with van der Waals surface area (Å²) in [5, 5.41) is 19.3. The lowest BCUT2D eigenvalue weighted by molar-refractivity contribution is -0.136. The Morgan fingerprint density at radius 1 is 1.33 bits per heavy atom. The molecule has 1 heterocycles. The average Bonchev–Trinajstić information content (AvgIpc) is 2.80. The molecule has 1 aromatic carbocycles. The molecular formula is C12H10Cl2N4O3. The number of carboxylic acids is 1. The molecule has 9 heteroatoms. The number of benzene rings is 1. The van der Waals surface area contributed by atoms with Crippen LogP contribution in [0.15, 0.2) is 24.4 Å². The van der Waals surface area contributed by atoms with Crippen LogP contribution in [0.25, 0.3) is 0 Å². The van der Waals surface area contributed by atoms with Crippen molar-refractivity contribution in [1.29, 1.82) is 0 Å². The van der Waals surface area contributed by atoms with E-state index in [0.29, 0.717) is 15.7 Å². The molecule has 1 aromatic heterocycles. The first kappa shape index (κ1) is 15.3. The van der Waals surface area contributed by atoms with Gasteiger partial charge in [-0.1, -0.05) is 28.4 Å². The van der Waals surface area contributed by atoms with E-state index < -0.39 is 5.97 Å². The minimum atomic E-state index is -1.02. The first-order valence-electron chi connectivity index (χ1n) is 5.80. The standard InChI is InChI=1S/C12H10Cl2N4O3/c13-7-1-2-9(14)10(3-7)15-11(19)6-18-5-8(16-17-18)4-12(20)21/h1-3,5H,4,6H2,(H,15,19)(H,20,21). The van der Waals surface area contributed by atoms with E-state index in [9.17, 15) is 9.59 Å². The Morgan fingerprint density at radius 3 is 2.81 bits per heavy atom. The second kappa shape index (κ2) is 6.55. The highest BCUT2D eigenvalue weighted by molar-refractivity contribution is 6.35.